The van der Waals surface area contributed by atoms with Crippen molar-refractivity contribution in [3.05, 3.63) is 53.9 Å². The SMILES string of the molecule is Cn1ccnc1[C@H](NS(C)(=O)=O)c1ccccc1F. The van der Waals surface area contributed by atoms with Crippen LogP contribution < -0.4 is 4.72 Å². The molecule has 19 heavy (non-hydrogen) atoms. The average molecular weight is 283 g/mol. The first-order chi connectivity index (χ1) is 8.88. The third-order valence-corrected chi connectivity index (χ3v) is 3.33. The van der Waals surface area contributed by atoms with Gasteiger partial charge in [-0.1, -0.05) is 18.2 Å². The molecule has 2 aromatic rings. The number of aromatic nitrogens is 2. The highest BCUT2D eigenvalue weighted by atomic mass is 32.2. The molecule has 0 spiro atoms. The van der Waals surface area contributed by atoms with Crippen molar-refractivity contribution in [3.63, 3.8) is 0 Å². The van der Waals surface area contributed by atoms with Gasteiger partial charge < -0.3 is 4.57 Å². The first-order valence-corrected chi connectivity index (χ1v) is 7.46. The van der Waals surface area contributed by atoms with Gasteiger partial charge in [-0.2, -0.15) is 0 Å². The Kier molecular flexibility index (Phi) is 3.68. The monoisotopic (exact) mass is 283 g/mol. The lowest BCUT2D eigenvalue weighted by Gasteiger charge is -2.18. The fraction of sp³-hybridized carbons (Fsp3) is 0.250. The van der Waals surface area contributed by atoms with Gasteiger partial charge in [-0.25, -0.2) is 22.5 Å². The second-order valence-corrected chi connectivity index (χ2v) is 6.02. The van der Waals surface area contributed by atoms with E-state index in [2.05, 4.69) is 9.71 Å². The van der Waals surface area contributed by atoms with E-state index in [9.17, 15) is 12.8 Å². The van der Waals surface area contributed by atoms with E-state index in [1.807, 2.05) is 0 Å². The highest BCUT2D eigenvalue weighted by Gasteiger charge is 2.24. The number of sulfonamides is 1. The zero-order valence-corrected chi connectivity index (χ0v) is 11.4. The lowest BCUT2D eigenvalue weighted by Crippen LogP contribution is -2.30. The third-order valence-electron chi connectivity index (χ3n) is 2.66. The molecule has 0 amide bonds. The molecule has 1 atom stereocenters. The van der Waals surface area contributed by atoms with Crippen molar-refractivity contribution in [1.82, 2.24) is 14.3 Å². The van der Waals surface area contributed by atoms with Crippen LogP contribution in [-0.2, 0) is 17.1 Å². The van der Waals surface area contributed by atoms with Crippen molar-refractivity contribution in [2.45, 2.75) is 6.04 Å². The normalized spacial score (nSPS) is 13.4. The van der Waals surface area contributed by atoms with Crippen molar-refractivity contribution in [3.8, 4) is 0 Å². The third kappa shape index (κ3) is 3.18. The van der Waals surface area contributed by atoms with Gasteiger partial charge in [0.05, 0.1) is 6.26 Å². The van der Waals surface area contributed by atoms with Crippen LogP contribution in [0.15, 0.2) is 36.7 Å². The van der Waals surface area contributed by atoms with E-state index >= 15 is 0 Å². The summed E-state index contributed by atoms with van der Waals surface area (Å²) in [6.07, 6.45) is 4.24. The fourth-order valence-corrected chi connectivity index (χ4v) is 2.49. The van der Waals surface area contributed by atoms with Crippen LogP contribution in [0.4, 0.5) is 4.39 Å². The molecule has 0 aliphatic rings. The van der Waals surface area contributed by atoms with Gasteiger partial charge in [-0.15, -0.1) is 0 Å². The predicted octanol–water partition coefficient (Wildman–Crippen LogP) is 1.20. The molecule has 0 aliphatic heterocycles. The summed E-state index contributed by atoms with van der Waals surface area (Å²) >= 11 is 0. The first-order valence-electron chi connectivity index (χ1n) is 5.57. The van der Waals surface area contributed by atoms with Crippen LogP contribution in [0.25, 0.3) is 0 Å². The van der Waals surface area contributed by atoms with Gasteiger partial charge in [-0.3, -0.25) is 0 Å². The minimum Gasteiger partial charge on any atom is -0.336 e. The van der Waals surface area contributed by atoms with E-state index < -0.39 is 21.9 Å². The van der Waals surface area contributed by atoms with Crippen LogP contribution >= 0.6 is 0 Å². The lowest BCUT2D eigenvalue weighted by atomic mass is 10.1. The maximum Gasteiger partial charge on any atom is 0.209 e. The van der Waals surface area contributed by atoms with Gasteiger partial charge in [0.2, 0.25) is 10.0 Å². The highest BCUT2D eigenvalue weighted by molar-refractivity contribution is 7.88. The molecular weight excluding hydrogens is 269 g/mol. The van der Waals surface area contributed by atoms with Crippen LogP contribution in [-0.4, -0.2) is 24.2 Å². The number of hydrogen-bond donors (Lipinski definition) is 1. The molecule has 0 saturated carbocycles. The maximum absolute atomic E-state index is 13.9. The Morgan fingerprint density at radius 2 is 2.05 bits per heavy atom. The summed E-state index contributed by atoms with van der Waals surface area (Å²) in [6, 6.07) is 5.17. The van der Waals surface area contributed by atoms with E-state index in [-0.39, 0.29) is 5.56 Å². The van der Waals surface area contributed by atoms with Crippen molar-refractivity contribution in [2.24, 2.45) is 7.05 Å². The summed E-state index contributed by atoms with van der Waals surface area (Å²) < 4.78 is 40.8. The number of rotatable bonds is 4. The Labute approximate surface area is 111 Å². The Morgan fingerprint density at radius 3 is 2.58 bits per heavy atom. The molecule has 0 bridgehead atoms. The molecular formula is C12H14FN3O2S. The highest BCUT2D eigenvalue weighted by Crippen LogP contribution is 2.23. The maximum atomic E-state index is 13.9. The Bertz CT molecular complexity index is 682. The van der Waals surface area contributed by atoms with Crippen LogP contribution in [0, 0.1) is 5.82 Å². The zero-order valence-electron chi connectivity index (χ0n) is 10.5. The molecule has 0 radical (unpaired) electrons. The largest absolute Gasteiger partial charge is 0.336 e. The van der Waals surface area contributed by atoms with Crippen LogP contribution in [0.5, 0.6) is 0 Å². The standard InChI is InChI=1S/C12H14FN3O2S/c1-16-8-7-14-12(16)11(15-19(2,17)18)9-5-3-4-6-10(9)13/h3-8,11,15H,1-2H3/t11-/m1/s1. The summed E-state index contributed by atoms with van der Waals surface area (Å²) in [5.74, 6) is -0.0535. The molecule has 1 aromatic carbocycles. The summed E-state index contributed by atoms with van der Waals surface area (Å²) in [7, 11) is -1.78. The van der Waals surface area contributed by atoms with E-state index in [0.29, 0.717) is 5.82 Å². The number of benzene rings is 1. The minimum atomic E-state index is -3.50. The smallest absolute Gasteiger partial charge is 0.209 e. The van der Waals surface area contributed by atoms with Gasteiger partial charge in [0.25, 0.3) is 0 Å². The molecule has 1 aromatic heterocycles. The van der Waals surface area contributed by atoms with Gasteiger partial charge >= 0.3 is 0 Å². The molecule has 0 saturated heterocycles. The molecule has 0 fully saturated rings. The molecule has 0 aliphatic carbocycles. The number of nitrogens with one attached hydrogen (secondary N) is 1. The van der Waals surface area contributed by atoms with Gasteiger partial charge in [-0.05, 0) is 6.07 Å². The average Bonchev–Trinajstić information content (AvgIpc) is 2.72. The topological polar surface area (TPSA) is 64.0 Å². The first kappa shape index (κ1) is 13.7. The number of imidazole rings is 1. The molecule has 102 valence electrons. The van der Waals surface area contributed by atoms with Gasteiger partial charge in [0.15, 0.2) is 0 Å². The molecule has 1 heterocycles. The second-order valence-electron chi connectivity index (χ2n) is 4.24. The summed E-state index contributed by atoms with van der Waals surface area (Å²) in [6.45, 7) is 0. The Morgan fingerprint density at radius 1 is 1.37 bits per heavy atom. The number of aryl methyl sites for hydroxylation is 1. The molecule has 1 N–H and O–H groups in total. The summed E-state index contributed by atoms with van der Waals surface area (Å²) in [5.41, 5.74) is 0.238. The number of nitrogens with zero attached hydrogens (tertiary/aromatic N) is 2. The quantitative estimate of drug-likeness (QED) is 0.917. The Hall–Kier alpha value is -1.73. The second kappa shape index (κ2) is 5.10. The van der Waals surface area contributed by atoms with Crippen LogP contribution in [0.1, 0.15) is 17.4 Å². The summed E-state index contributed by atoms with van der Waals surface area (Å²) in [4.78, 5) is 4.09. The van der Waals surface area contributed by atoms with Crippen molar-refractivity contribution < 1.29 is 12.8 Å². The fourth-order valence-electron chi connectivity index (χ4n) is 1.83. The van der Waals surface area contributed by atoms with Crippen molar-refractivity contribution in [1.29, 1.82) is 0 Å². The van der Waals surface area contributed by atoms with E-state index in [4.69, 9.17) is 0 Å². The van der Waals surface area contributed by atoms with E-state index in [1.165, 1.54) is 18.3 Å². The van der Waals surface area contributed by atoms with Gasteiger partial charge in [0, 0.05) is 25.0 Å². The molecule has 0 unspecified atom stereocenters. The van der Waals surface area contributed by atoms with Crippen LogP contribution in [0.2, 0.25) is 0 Å². The lowest BCUT2D eigenvalue weighted by molar-refractivity contribution is 0.548. The predicted molar refractivity (Wildman–Crippen MR) is 69.4 cm³/mol. The molecule has 2 rings (SSSR count). The van der Waals surface area contributed by atoms with E-state index in [0.717, 1.165) is 6.26 Å². The summed E-state index contributed by atoms with van der Waals surface area (Å²) in [5, 5.41) is 0. The van der Waals surface area contributed by atoms with E-state index in [1.54, 1.807) is 29.9 Å². The van der Waals surface area contributed by atoms with Crippen LogP contribution in [0.3, 0.4) is 0 Å². The number of halogens is 1. The zero-order chi connectivity index (χ0) is 14.0. The van der Waals surface area contributed by atoms with Gasteiger partial charge in [0.1, 0.15) is 17.7 Å². The van der Waals surface area contributed by atoms with Crippen molar-refractivity contribution in [2.75, 3.05) is 6.26 Å². The Balaban J connectivity index is 2.53. The number of hydrogen-bond acceptors (Lipinski definition) is 3. The van der Waals surface area contributed by atoms with Crippen molar-refractivity contribution >= 4 is 10.0 Å². The molecule has 5 nitrogen and oxygen atoms in total. The minimum absolute atomic E-state index is 0.238. The molecule has 7 heteroatoms.